The lowest BCUT2D eigenvalue weighted by atomic mass is 10.1. The molecule has 34 heavy (non-hydrogen) atoms. The number of hydrogen-bond acceptors (Lipinski definition) is 4. The molecular formula is C26H25ClN2O4S. The summed E-state index contributed by atoms with van der Waals surface area (Å²) < 4.78 is 27.1. The van der Waals surface area contributed by atoms with Gasteiger partial charge in [0.15, 0.2) is 0 Å². The normalized spacial score (nSPS) is 14.2. The topological polar surface area (TPSA) is 74.8 Å². The predicted molar refractivity (Wildman–Crippen MR) is 132 cm³/mol. The highest BCUT2D eigenvalue weighted by Crippen LogP contribution is 2.38. The molecule has 176 valence electrons. The van der Waals surface area contributed by atoms with E-state index in [9.17, 15) is 18.0 Å². The second kappa shape index (κ2) is 9.60. The van der Waals surface area contributed by atoms with E-state index >= 15 is 0 Å². The van der Waals surface area contributed by atoms with E-state index in [4.69, 9.17) is 11.6 Å². The van der Waals surface area contributed by atoms with Crippen LogP contribution in [0.1, 0.15) is 46.0 Å². The van der Waals surface area contributed by atoms with Crippen LogP contribution in [0, 0.1) is 0 Å². The standard InChI is InChI=1S/C26H25ClN2O4S/c1-3-4-14-28(2)25(30)19-12-13-24-22(16-19)29(17-18-8-7-9-20(27)15-18)26(31)21-10-5-6-11-23(21)34(24,32)33/h5-13,15-16H,3-4,14,17H2,1-2H3. The number of halogens is 1. The van der Waals surface area contributed by atoms with Gasteiger partial charge in [-0.05, 0) is 54.4 Å². The lowest BCUT2D eigenvalue weighted by molar-refractivity contribution is 0.0792. The summed E-state index contributed by atoms with van der Waals surface area (Å²) in [4.78, 5) is 29.7. The predicted octanol–water partition coefficient (Wildman–Crippen LogP) is 5.21. The van der Waals surface area contributed by atoms with Crippen molar-refractivity contribution in [3.63, 3.8) is 0 Å². The Morgan fingerprint density at radius 3 is 2.50 bits per heavy atom. The first-order valence-corrected chi connectivity index (χ1v) is 12.9. The summed E-state index contributed by atoms with van der Waals surface area (Å²) in [6, 6.07) is 17.7. The molecule has 6 nitrogen and oxygen atoms in total. The summed E-state index contributed by atoms with van der Waals surface area (Å²) in [5.74, 6) is -0.688. The van der Waals surface area contributed by atoms with Crippen molar-refractivity contribution in [2.75, 3.05) is 18.5 Å². The fourth-order valence-electron chi connectivity index (χ4n) is 4.03. The Morgan fingerprint density at radius 1 is 1.00 bits per heavy atom. The van der Waals surface area contributed by atoms with E-state index in [0.29, 0.717) is 17.1 Å². The monoisotopic (exact) mass is 496 g/mol. The molecule has 3 aromatic rings. The van der Waals surface area contributed by atoms with Crippen LogP contribution < -0.4 is 4.90 Å². The summed E-state index contributed by atoms with van der Waals surface area (Å²) in [6.07, 6.45) is 1.80. The highest BCUT2D eigenvalue weighted by molar-refractivity contribution is 7.91. The quantitative estimate of drug-likeness (QED) is 0.469. The van der Waals surface area contributed by atoms with Crippen LogP contribution in [0.2, 0.25) is 5.02 Å². The number of nitrogens with zero attached hydrogens (tertiary/aromatic N) is 2. The van der Waals surface area contributed by atoms with Gasteiger partial charge in [0, 0.05) is 24.2 Å². The fraction of sp³-hybridized carbons (Fsp3) is 0.231. The second-order valence-corrected chi connectivity index (χ2v) is 10.6. The smallest absolute Gasteiger partial charge is 0.259 e. The molecule has 4 rings (SSSR count). The first kappa shape index (κ1) is 24.0. The van der Waals surface area contributed by atoms with Crippen LogP contribution in [0.25, 0.3) is 0 Å². The molecule has 8 heteroatoms. The molecule has 0 unspecified atom stereocenters. The van der Waals surface area contributed by atoms with Gasteiger partial charge in [0.05, 0.1) is 27.6 Å². The van der Waals surface area contributed by atoms with Gasteiger partial charge in [-0.25, -0.2) is 8.42 Å². The third-order valence-electron chi connectivity index (χ3n) is 5.86. The molecule has 2 amide bonds. The van der Waals surface area contributed by atoms with Gasteiger partial charge in [-0.3, -0.25) is 9.59 Å². The minimum Gasteiger partial charge on any atom is -0.342 e. The van der Waals surface area contributed by atoms with Gasteiger partial charge < -0.3 is 9.80 Å². The number of rotatable bonds is 6. The fourth-order valence-corrected chi connectivity index (χ4v) is 5.88. The highest BCUT2D eigenvalue weighted by Gasteiger charge is 2.36. The van der Waals surface area contributed by atoms with E-state index in [0.717, 1.165) is 18.4 Å². The molecule has 3 aromatic carbocycles. The zero-order valence-electron chi connectivity index (χ0n) is 19.0. The Hall–Kier alpha value is -3.16. The lowest BCUT2D eigenvalue weighted by Crippen LogP contribution is -2.31. The molecule has 0 atom stereocenters. The first-order valence-electron chi connectivity index (χ1n) is 11.0. The van der Waals surface area contributed by atoms with Crippen molar-refractivity contribution < 1.29 is 18.0 Å². The van der Waals surface area contributed by atoms with E-state index in [1.807, 2.05) is 13.0 Å². The molecule has 0 bridgehead atoms. The molecular weight excluding hydrogens is 472 g/mol. The van der Waals surface area contributed by atoms with Crippen LogP contribution >= 0.6 is 11.6 Å². The Balaban J connectivity index is 1.89. The summed E-state index contributed by atoms with van der Waals surface area (Å²) >= 11 is 6.15. The first-order chi connectivity index (χ1) is 16.2. The molecule has 0 aromatic heterocycles. The maximum Gasteiger partial charge on any atom is 0.259 e. The van der Waals surface area contributed by atoms with Crippen LogP contribution in [0.15, 0.2) is 76.5 Å². The van der Waals surface area contributed by atoms with Gasteiger partial charge in [0.1, 0.15) is 0 Å². The Kier molecular flexibility index (Phi) is 6.77. The van der Waals surface area contributed by atoms with Crippen molar-refractivity contribution in [3.8, 4) is 0 Å². The molecule has 1 aliphatic rings. The van der Waals surface area contributed by atoms with E-state index in [1.165, 1.54) is 35.2 Å². The van der Waals surface area contributed by atoms with Crippen molar-refractivity contribution in [1.29, 1.82) is 0 Å². The largest absolute Gasteiger partial charge is 0.342 e. The number of carbonyl (C=O) groups is 2. The maximum atomic E-state index is 13.7. The Labute approximate surface area is 204 Å². The third kappa shape index (κ3) is 4.45. The molecule has 1 aliphatic heterocycles. The molecule has 0 aliphatic carbocycles. The zero-order chi connectivity index (χ0) is 24.5. The minimum absolute atomic E-state index is 0.0133. The highest BCUT2D eigenvalue weighted by atomic mass is 35.5. The number of fused-ring (bicyclic) bond motifs is 2. The van der Waals surface area contributed by atoms with Crippen LogP contribution in [0.3, 0.4) is 0 Å². The van der Waals surface area contributed by atoms with Crippen LogP contribution in [-0.4, -0.2) is 38.7 Å². The van der Waals surface area contributed by atoms with Gasteiger partial charge in [-0.15, -0.1) is 0 Å². The summed E-state index contributed by atoms with van der Waals surface area (Å²) in [7, 11) is -2.28. The summed E-state index contributed by atoms with van der Waals surface area (Å²) in [5, 5.41) is 0.509. The van der Waals surface area contributed by atoms with Crippen LogP contribution in [-0.2, 0) is 16.4 Å². The van der Waals surface area contributed by atoms with Crippen molar-refractivity contribution in [3.05, 3.63) is 88.4 Å². The molecule has 1 heterocycles. The van der Waals surface area contributed by atoms with E-state index < -0.39 is 15.7 Å². The summed E-state index contributed by atoms with van der Waals surface area (Å²) in [6.45, 7) is 2.73. The van der Waals surface area contributed by atoms with E-state index in [1.54, 1.807) is 42.3 Å². The number of anilines is 1. The third-order valence-corrected chi connectivity index (χ3v) is 7.96. The number of unbranched alkanes of at least 4 members (excludes halogenated alkanes) is 1. The van der Waals surface area contributed by atoms with Gasteiger partial charge >= 0.3 is 0 Å². The maximum absolute atomic E-state index is 13.7. The second-order valence-electron chi connectivity index (χ2n) is 8.28. The van der Waals surface area contributed by atoms with Crippen LogP contribution in [0.4, 0.5) is 5.69 Å². The van der Waals surface area contributed by atoms with Gasteiger partial charge in [0.25, 0.3) is 11.8 Å². The number of hydrogen-bond donors (Lipinski definition) is 0. The molecule has 0 radical (unpaired) electrons. The van der Waals surface area contributed by atoms with Gasteiger partial charge in [0.2, 0.25) is 9.84 Å². The number of benzene rings is 3. The van der Waals surface area contributed by atoms with E-state index in [-0.39, 0.29) is 33.5 Å². The number of amides is 2. The number of carbonyl (C=O) groups excluding carboxylic acids is 2. The minimum atomic E-state index is -3.99. The molecule has 0 N–H and O–H groups in total. The van der Waals surface area contributed by atoms with Crippen molar-refractivity contribution in [1.82, 2.24) is 4.90 Å². The average molecular weight is 497 g/mol. The van der Waals surface area contributed by atoms with Crippen molar-refractivity contribution in [2.45, 2.75) is 36.1 Å². The Morgan fingerprint density at radius 2 is 1.76 bits per heavy atom. The molecule has 0 spiro atoms. The van der Waals surface area contributed by atoms with Crippen molar-refractivity contribution in [2.24, 2.45) is 0 Å². The molecule has 0 fully saturated rings. The SMILES string of the molecule is CCCCN(C)C(=O)c1ccc2c(c1)N(Cc1cccc(Cl)c1)C(=O)c1ccccc1S2(=O)=O. The van der Waals surface area contributed by atoms with E-state index in [2.05, 4.69) is 0 Å². The Bertz CT molecular complexity index is 1370. The lowest BCUT2D eigenvalue weighted by Gasteiger charge is -2.24. The average Bonchev–Trinajstić information content (AvgIpc) is 2.90. The van der Waals surface area contributed by atoms with Crippen LogP contribution in [0.5, 0.6) is 0 Å². The van der Waals surface area contributed by atoms with Crippen molar-refractivity contribution >= 4 is 38.9 Å². The molecule has 0 saturated heterocycles. The van der Waals surface area contributed by atoms with Gasteiger partial charge in [-0.2, -0.15) is 0 Å². The van der Waals surface area contributed by atoms with Gasteiger partial charge in [-0.1, -0.05) is 49.2 Å². The zero-order valence-corrected chi connectivity index (χ0v) is 20.6. The molecule has 0 saturated carbocycles. The number of sulfone groups is 1. The summed E-state index contributed by atoms with van der Waals surface area (Å²) in [5.41, 5.74) is 1.33.